The van der Waals surface area contributed by atoms with Crippen LogP contribution in [-0.4, -0.2) is 23.2 Å². The molecule has 0 aliphatic heterocycles. The number of halogens is 1. The van der Waals surface area contributed by atoms with E-state index in [1.165, 1.54) is 18.2 Å². The molecule has 4 heteroatoms. The highest BCUT2D eigenvalue weighted by Crippen LogP contribution is 2.25. The molecule has 0 aromatic heterocycles. The topological polar surface area (TPSA) is 32.3 Å². The Kier molecular flexibility index (Phi) is 5.78. The minimum Gasteiger partial charge on any atom is -0.508 e. The maximum Gasteiger partial charge on any atom is 0.123 e. The van der Waals surface area contributed by atoms with Crippen LogP contribution in [0.2, 0.25) is 0 Å². The van der Waals surface area contributed by atoms with E-state index in [0.29, 0.717) is 11.6 Å². The zero-order chi connectivity index (χ0) is 12.8. The molecule has 2 nitrogen and oxygen atoms in total. The third-order valence-corrected chi connectivity index (χ3v) is 3.39. The summed E-state index contributed by atoms with van der Waals surface area (Å²) < 4.78 is 13.1. The zero-order valence-electron chi connectivity index (χ0n) is 10.5. The van der Waals surface area contributed by atoms with E-state index >= 15 is 0 Å². The first-order valence-electron chi connectivity index (χ1n) is 5.78. The Morgan fingerprint density at radius 2 is 2.12 bits per heavy atom. The summed E-state index contributed by atoms with van der Waals surface area (Å²) in [7, 11) is 0. The molecule has 0 radical (unpaired) electrons. The summed E-state index contributed by atoms with van der Waals surface area (Å²) >= 11 is 1.81. The first kappa shape index (κ1) is 14.3. The molecule has 2 N–H and O–H groups in total. The van der Waals surface area contributed by atoms with Gasteiger partial charge in [0.2, 0.25) is 0 Å². The second-order valence-electron chi connectivity index (χ2n) is 4.27. The summed E-state index contributed by atoms with van der Waals surface area (Å²) in [4.78, 5) is 0. The minimum absolute atomic E-state index is 0.0532. The molecule has 0 bridgehead atoms. The Morgan fingerprint density at radius 3 is 2.76 bits per heavy atom. The largest absolute Gasteiger partial charge is 0.508 e. The van der Waals surface area contributed by atoms with Gasteiger partial charge in [-0.15, -0.1) is 0 Å². The molecule has 1 rings (SSSR count). The highest BCUT2D eigenvalue weighted by molar-refractivity contribution is 7.98. The van der Waals surface area contributed by atoms with Gasteiger partial charge in [0.1, 0.15) is 11.6 Å². The van der Waals surface area contributed by atoms with E-state index in [-0.39, 0.29) is 17.6 Å². The van der Waals surface area contributed by atoms with E-state index in [4.69, 9.17) is 0 Å². The van der Waals surface area contributed by atoms with E-state index < -0.39 is 0 Å². The molecule has 0 saturated heterocycles. The van der Waals surface area contributed by atoms with E-state index in [9.17, 15) is 9.50 Å². The molecule has 96 valence electrons. The van der Waals surface area contributed by atoms with Crippen molar-refractivity contribution >= 4 is 11.8 Å². The average Bonchev–Trinajstić information content (AvgIpc) is 2.29. The molecule has 0 saturated carbocycles. The lowest BCUT2D eigenvalue weighted by Gasteiger charge is -2.21. The molecular formula is C13H20FNOS. The molecule has 17 heavy (non-hydrogen) atoms. The van der Waals surface area contributed by atoms with E-state index in [0.717, 1.165) is 12.2 Å². The van der Waals surface area contributed by atoms with Gasteiger partial charge in [0, 0.05) is 17.6 Å². The zero-order valence-corrected chi connectivity index (χ0v) is 11.4. The second kappa shape index (κ2) is 6.87. The average molecular weight is 257 g/mol. The van der Waals surface area contributed by atoms with Crippen LogP contribution in [0.25, 0.3) is 0 Å². The van der Waals surface area contributed by atoms with Gasteiger partial charge in [-0.3, -0.25) is 0 Å². The molecule has 1 aromatic carbocycles. The molecule has 1 aromatic rings. The number of hydrogen-bond donors (Lipinski definition) is 2. The Hall–Kier alpha value is -0.740. The Balaban J connectivity index is 2.62. The maximum atomic E-state index is 13.1. The van der Waals surface area contributed by atoms with Crippen LogP contribution >= 0.6 is 11.8 Å². The smallest absolute Gasteiger partial charge is 0.123 e. The summed E-state index contributed by atoms with van der Waals surface area (Å²) in [6.07, 6.45) is 3.14. The highest BCUT2D eigenvalue weighted by Gasteiger charge is 2.13. The van der Waals surface area contributed by atoms with Crippen LogP contribution in [0.4, 0.5) is 4.39 Å². The molecule has 0 amide bonds. The highest BCUT2D eigenvalue weighted by atomic mass is 32.2. The van der Waals surface area contributed by atoms with Gasteiger partial charge in [0.25, 0.3) is 0 Å². The Bertz CT molecular complexity index is 359. The second-order valence-corrected chi connectivity index (χ2v) is 5.26. The third kappa shape index (κ3) is 4.56. The third-order valence-electron chi connectivity index (χ3n) is 2.75. The number of aromatic hydroxyl groups is 1. The monoisotopic (exact) mass is 257 g/mol. The van der Waals surface area contributed by atoms with Crippen LogP contribution in [-0.2, 0) is 0 Å². The minimum atomic E-state index is -0.316. The molecular weight excluding hydrogens is 237 g/mol. The van der Waals surface area contributed by atoms with Crippen molar-refractivity contribution in [3.05, 3.63) is 29.6 Å². The van der Waals surface area contributed by atoms with Crippen molar-refractivity contribution in [1.29, 1.82) is 0 Å². The number of phenols is 1. The van der Waals surface area contributed by atoms with Gasteiger partial charge in [-0.25, -0.2) is 4.39 Å². The summed E-state index contributed by atoms with van der Waals surface area (Å²) in [5.41, 5.74) is 0.612. The lowest BCUT2D eigenvalue weighted by Crippen LogP contribution is -2.29. The van der Waals surface area contributed by atoms with Gasteiger partial charge >= 0.3 is 0 Å². The summed E-state index contributed by atoms with van der Waals surface area (Å²) in [5.74, 6) is 0.919. The van der Waals surface area contributed by atoms with Crippen LogP contribution in [0.5, 0.6) is 5.75 Å². The van der Waals surface area contributed by atoms with Gasteiger partial charge in [-0.2, -0.15) is 11.8 Å². The van der Waals surface area contributed by atoms with Crippen molar-refractivity contribution in [2.45, 2.75) is 32.4 Å². The normalized spacial score (nSPS) is 14.6. The van der Waals surface area contributed by atoms with Crippen LogP contribution < -0.4 is 5.32 Å². The molecule has 0 heterocycles. The molecule has 2 atom stereocenters. The standard InChI is InChI=1S/C13H20FNOS/c1-9(6-7-17-3)15-10(2)12-8-11(14)4-5-13(12)16/h4-5,8-10,15-16H,6-7H2,1-3H3. The first-order valence-corrected chi connectivity index (χ1v) is 7.17. The fourth-order valence-electron chi connectivity index (χ4n) is 1.77. The maximum absolute atomic E-state index is 13.1. The van der Waals surface area contributed by atoms with Crippen molar-refractivity contribution < 1.29 is 9.50 Å². The number of phenolic OH excluding ortho intramolecular Hbond substituents is 1. The van der Waals surface area contributed by atoms with Crippen LogP contribution in [0.3, 0.4) is 0 Å². The molecule has 0 aliphatic carbocycles. The quantitative estimate of drug-likeness (QED) is 0.820. The number of hydrogen-bond acceptors (Lipinski definition) is 3. The van der Waals surface area contributed by atoms with E-state index in [2.05, 4.69) is 18.5 Å². The van der Waals surface area contributed by atoms with Crippen molar-refractivity contribution in [3.63, 3.8) is 0 Å². The van der Waals surface area contributed by atoms with Gasteiger partial charge in [-0.05, 0) is 50.5 Å². The molecule has 0 aliphatic rings. The summed E-state index contributed by atoms with van der Waals surface area (Å²) in [6, 6.07) is 4.34. The number of benzene rings is 1. The lowest BCUT2D eigenvalue weighted by molar-refractivity contribution is 0.428. The van der Waals surface area contributed by atoms with Crippen LogP contribution in [0.1, 0.15) is 31.9 Å². The SMILES string of the molecule is CSCCC(C)NC(C)c1cc(F)ccc1O. The lowest BCUT2D eigenvalue weighted by atomic mass is 10.1. The number of rotatable bonds is 6. The van der Waals surface area contributed by atoms with Gasteiger partial charge < -0.3 is 10.4 Å². The van der Waals surface area contributed by atoms with Crippen LogP contribution in [0, 0.1) is 5.82 Å². The Labute approximate surface area is 107 Å². The summed E-state index contributed by atoms with van der Waals surface area (Å²) in [5, 5.41) is 13.0. The van der Waals surface area contributed by atoms with Gasteiger partial charge in [-0.1, -0.05) is 0 Å². The molecule has 2 unspecified atom stereocenters. The van der Waals surface area contributed by atoms with Gasteiger partial charge in [0.15, 0.2) is 0 Å². The van der Waals surface area contributed by atoms with Crippen molar-refractivity contribution in [3.8, 4) is 5.75 Å². The van der Waals surface area contributed by atoms with E-state index in [1.807, 2.05) is 18.7 Å². The van der Waals surface area contributed by atoms with Crippen molar-refractivity contribution in [2.24, 2.45) is 0 Å². The first-order chi connectivity index (χ1) is 8.04. The number of thioether (sulfide) groups is 1. The Morgan fingerprint density at radius 1 is 1.41 bits per heavy atom. The predicted molar refractivity (Wildman–Crippen MR) is 72.1 cm³/mol. The fraction of sp³-hybridized carbons (Fsp3) is 0.538. The van der Waals surface area contributed by atoms with E-state index in [1.54, 1.807) is 0 Å². The van der Waals surface area contributed by atoms with Gasteiger partial charge in [0.05, 0.1) is 0 Å². The van der Waals surface area contributed by atoms with Crippen LogP contribution in [0.15, 0.2) is 18.2 Å². The van der Waals surface area contributed by atoms with Crippen molar-refractivity contribution in [2.75, 3.05) is 12.0 Å². The molecule has 0 spiro atoms. The fourth-order valence-corrected chi connectivity index (χ4v) is 2.36. The van der Waals surface area contributed by atoms with Crippen molar-refractivity contribution in [1.82, 2.24) is 5.32 Å². The predicted octanol–water partition coefficient (Wildman–Crippen LogP) is 3.32. The molecule has 0 fully saturated rings. The summed E-state index contributed by atoms with van der Waals surface area (Å²) in [6.45, 7) is 4.03. The number of nitrogens with one attached hydrogen (secondary N) is 1.